The molecule has 0 atom stereocenters. The molecular formula is C44H26S. The summed E-state index contributed by atoms with van der Waals surface area (Å²) < 4.78 is 2.72. The van der Waals surface area contributed by atoms with Gasteiger partial charge in [0.1, 0.15) is 0 Å². The van der Waals surface area contributed by atoms with E-state index in [4.69, 9.17) is 0 Å². The van der Waals surface area contributed by atoms with Crippen molar-refractivity contribution in [1.82, 2.24) is 0 Å². The van der Waals surface area contributed by atoms with E-state index in [0.717, 1.165) is 0 Å². The van der Waals surface area contributed by atoms with Crippen molar-refractivity contribution in [2.75, 3.05) is 0 Å². The van der Waals surface area contributed by atoms with Gasteiger partial charge in [-0.05, 0) is 88.9 Å². The van der Waals surface area contributed by atoms with Gasteiger partial charge in [-0.1, -0.05) is 140 Å². The van der Waals surface area contributed by atoms with E-state index < -0.39 is 0 Å². The van der Waals surface area contributed by atoms with Gasteiger partial charge in [0.25, 0.3) is 0 Å². The Morgan fingerprint density at radius 2 is 0.733 bits per heavy atom. The molecule has 9 aromatic carbocycles. The molecule has 0 saturated carbocycles. The summed E-state index contributed by atoms with van der Waals surface area (Å²) >= 11 is 1.91. The molecule has 10 rings (SSSR count). The Kier molecular flexibility index (Phi) is 5.25. The van der Waals surface area contributed by atoms with Crippen LogP contribution in [0.3, 0.4) is 0 Å². The third kappa shape index (κ3) is 3.72. The lowest BCUT2D eigenvalue weighted by Crippen LogP contribution is -1.85. The van der Waals surface area contributed by atoms with E-state index in [1.165, 1.54) is 96.3 Å². The second kappa shape index (κ2) is 9.50. The molecule has 1 heteroatoms. The minimum atomic E-state index is 1.23. The summed E-state index contributed by atoms with van der Waals surface area (Å²) in [6.45, 7) is 0. The molecule has 1 aromatic heterocycles. The van der Waals surface area contributed by atoms with Gasteiger partial charge in [-0.2, -0.15) is 0 Å². The van der Waals surface area contributed by atoms with Crippen LogP contribution in [0, 0.1) is 0 Å². The SMILES string of the molecule is c1ccc2c(c1)sc1c2ccc2ccc3ccc(-c4ccc(-c5ccc6c7ccccc7c7ccccc7c6c5)cc4)cc3c21. The Morgan fingerprint density at radius 1 is 0.289 bits per heavy atom. The monoisotopic (exact) mass is 586 g/mol. The standard InChI is InChI=1S/C44H26S/c1-2-9-35-33(7-1)34-8-3-4-10-36(34)41-26-32(22-23-37(35)41)28-15-13-27(14-16-28)31-20-18-29-17-19-30-21-24-39-38-11-5-6-12-42(38)45-44(39)43(30)40(29)25-31/h1-26H. The Balaban J connectivity index is 1.11. The average molecular weight is 587 g/mol. The van der Waals surface area contributed by atoms with Gasteiger partial charge >= 0.3 is 0 Å². The lowest BCUT2D eigenvalue weighted by Gasteiger charge is -2.12. The summed E-state index contributed by atoms with van der Waals surface area (Å²) in [5, 5.41) is 15.8. The van der Waals surface area contributed by atoms with Crippen LogP contribution >= 0.6 is 11.3 Å². The summed E-state index contributed by atoms with van der Waals surface area (Å²) in [5.74, 6) is 0. The van der Waals surface area contributed by atoms with Crippen molar-refractivity contribution in [2.24, 2.45) is 0 Å². The molecule has 0 unspecified atom stereocenters. The summed E-state index contributed by atoms with van der Waals surface area (Å²) in [7, 11) is 0. The van der Waals surface area contributed by atoms with Gasteiger partial charge < -0.3 is 0 Å². The van der Waals surface area contributed by atoms with E-state index in [2.05, 4.69) is 158 Å². The van der Waals surface area contributed by atoms with E-state index in [9.17, 15) is 0 Å². The fourth-order valence-electron chi connectivity index (χ4n) is 7.44. The van der Waals surface area contributed by atoms with Crippen molar-refractivity contribution in [3.63, 3.8) is 0 Å². The number of benzene rings is 9. The van der Waals surface area contributed by atoms with Crippen LogP contribution in [0.1, 0.15) is 0 Å². The van der Waals surface area contributed by atoms with Crippen molar-refractivity contribution in [2.45, 2.75) is 0 Å². The second-order valence-corrected chi connectivity index (χ2v) is 13.1. The number of hydrogen-bond donors (Lipinski definition) is 0. The van der Waals surface area contributed by atoms with Crippen molar-refractivity contribution in [3.8, 4) is 22.3 Å². The third-order valence-corrected chi connectivity index (χ3v) is 10.8. The first-order valence-corrected chi connectivity index (χ1v) is 16.3. The van der Waals surface area contributed by atoms with Crippen LogP contribution in [0.15, 0.2) is 158 Å². The number of thiophene rings is 1. The Hall–Kier alpha value is -5.50. The highest BCUT2D eigenvalue weighted by molar-refractivity contribution is 7.26. The quantitative estimate of drug-likeness (QED) is 0.177. The first-order valence-electron chi connectivity index (χ1n) is 15.5. The van der Waals surface area contributed by atoms with E-state index in [-0.39, 0.29) is 0 Å². The maximum atomic E-state index is 2.39. The number of fused-ring (bicyclic) bond motifs is 13. The third-order valence-electron chi connectivity index (χ3n) is 9.64. The first kappa shape index (κ1) is 24.9. The van der Waals surface area contributed by atoms with Crippen molar-refractivity contribution in [1.29, 1.82) is 0 Å². The van der Waals surface area contributed by atoms with Crippen LogP contribution in [-0.2, 0) is 0 Å². The van der Waals surface area contributed by atoms with Gasteiger partial charge in [0.15, 0.2) is 0 Å². The Morgan fingerprint density at radius 3 is 1.42 bits per heavy atom. The zero-order valence-electron chi connectivity index (χ0n) is 24.4. The molecule has 0 bridgehead atoms. The van der Waals surface area contributed by atoms with Crippen LogP contribution in [0.25, 0.3) is 96.3 Å². The predicted octanol–water partition coefficient (Wildman–Crippen LogP) is 13.2. The minimum absolute atomic E-state index is 1.23. The van der Waals surface area contributed by atoms with E-state index in [1.54, 1.807) is 0 Å². The van der Waals surface area contributed by atoms with Crippen molar-refractivity contribution < 1.29 is 0 Å². The summed E-state index contributed by atoms with van der Waals surface area (Å²) in [4.78, 5) is 0. The van der Waals surface area contributed by atoms with Crippen LogP contribution in [0.4, 0.5) is 0 Å². The second-order valence-electron chi connectivity index (χ2n) is 12.1. The van der Waals surface area contributed by atoms with Crippen molar-refractivity contribution >= 4 is 85.4 Å². The molecule has 0 fully saturated rings. The highest BCUT2D eigenvalue weighted by Gasteiger charge is 2.13. The van der Waals surface area contributed by atoms with Gasteiger partial charge in [-0.3, -0.25) is 0 Å². The molecule has 0 radical (unpaired) electrons. The van der Waals surface area contributed by atoms with Crippen LogP contribution in [0.5, 0.6) is 0 Å². The molecule has 0 nitrogen and oxygen atoms in total. The largest absolute Gasteiger partial charge is 0.135 e. The molecule has 0 aliphatic heterocycles. The highest BCUT2D eigenvalue weighted by Crippen LogP contribution is 2.42. The molecular weight excluding hydrogens is 561 g/mol. The molecule has 0 aliphatic rings. The molecule has 0 spiro atoms. The van der Waals surface area contributed by atoms with E-state index >= 15 is 0 Å². The molecule has 0 aliphatic carbocycles. The maximum Gasteiger partial charge on any atom is 0.0440 e. The molecule has 0 amide bonds. The molecule has 45 heavy (non-hydrogen) atoms. The molecule has 10 aromatic rings. The smallest absolute Gasteiger partial charge is 0.0440 e. The number of rotatable bonds is 2. The van der Waals surface area contributed by atoms with Crippen LogP contribution in [-0.4, -0.2) is 0 Å². The fraction of sp³-hybridized carbons (Fsp3) is 0. The summed E-state index contributed by atoms with van der Waals surface area (Å²) in [6, 6.07) is 58.4. The summed E-state index contributed by atoms with van der Waals surface area (Å²) in [5.41, 5.74) is 4.95. The fourth-order valence-corrected chi connectivity index (χ4v) is 8.71. The lowest BCUT2D eigenvalue weighted by molar-refractivity contribution is 1.62. The van der Waals surface area contributed by atoms with Crippen LogP contribution < -0.4 is 0 Å². The zero-order valence-corrected chi connectivity index (χ0v) is 25.2. The zero-order chi connectivity index (χ0) is 29.5. The maximum absolute atomic E-state index is 2.39. The van der Waals surface area contributed by atoms with Gasteiger partial charge in [0, 0.05) is 25.6 Å². The van der Waals surface area contributed by atoms with Crippen molar-refractivity contribution in [3.05, 3.63) is 158 Å². The molecule has 0 saturated heterocycles. The topological polar surface area (TPSA) is 0 Å². The molecule has 208 valence electrons. The Labute approximate surface area is 264 Å². The summed E-state index contributed by atoms with van der Waals surface area (Å²) in [6.07, 6.45) is 0. The molecule has 0 N–H and O–H groups in total. The number of hydrogen-bond acceptors (Lipinski definition) is 1. The van der Waals surface area contributed by atoms with Gasteiger partial charge in [0.2, 0.25) is 0 Å². The normalized spacial score (nSPS) is 12.0. The predicted molar refractivity (Wildman–Crippen MR) is 198 cm³/mol. The van der Waals surface area contributed by atoms with Crippen LogP contribution in [0.2, 0.25) is 0 Å². The lowest BCUT2D eigenvalue weighted by atomic mass is 9.91. The first-order chi connectivity index (χ1) is 22.3. The molecule has 1 heterocycles. The Bertz CT molecular complexity index is 2760. The van der Waals surface area contributed by atoms with Gasteiger partial charge in [0.05, 0.1) is 0 Å². The average Bonchev–Trinajstić information content (AvgIpc) is 3.50. The minimum Gasteiger partial charge on any atom is -0.135 e. The van der Waals surface area contributed by atoms with Gasteiger partial charge in [-0.15, -0.1) is 11.3 Å². The van der Waals surface area contributed by atoms with Gasteiger partial charge in [-0.25, -0.2) is 0 Å². The van der Waals surface area contributed by atoms with E-state index in [1.807, 2.05) is 11.3 Å². The highest BCUT2D eigenvalue weighted by atomic mass is 32.1. The van der Waals surface area contributed by atoms with E-state index in [0.29, 0.717) is 0 Å².